The molecule has 1 heterocycles. The summed E-state index contributed by atoms with van der Waals surface area (Å²) in [6, 6.07) is 15.2. The highest BCUT2D eigenvalue weighted by Gasteiger charge is 2.24. The molecule has 27 heavy (non-hydrogen) atoms. The predicted molar refractivity (Wildman–Crippen MR) is 103 cm³/mol. The number of nitrogens with zero attached hydrogens (tertiary/aromatic N) is 3. The van der Waals surface area contributed by atoms with E-state index in [-0.39, 0.29) is 17.6 Å². The summed E-state index contributed by atoms with van der Waals surface area (Å²) in [6.45, 7) is 5.23. The van der Waals surface area contributed by atoms with Crippen LogP contribution >= 0.6 is 0 Å². The number of likely N-dealkylation sites (N-methyl/N-ethyl adjacent to an activating group) is 1. The van der Waals surface area contributed by atoms with Crippen LogP contribution in [-0.2, 0) is 4.79 Å². The number of carbonyl (C=O) groups excluding carboxylic acids is 2. The Morgan fingerprint density at radius 3 is 2.19 bits per heavy atom. The topological polar surface area (TPSA) is 43.9 Å². The average molecular weight is 369 g/mol. The van der Waals surface area contributed by atoms with E-state index in [1.807, 2.05) is 42.2 Å². The second-order valence-corrected chi connectivity index (χ2v) is 6.55. The number of halogens is 1. The van der Waals surface area contributed by atoms with Crippen LogP contribution in [0.2, 0.25) is 0 Å². The first-order valence-electron chi connectivity index (χ1n) is 9.21. The first kappa shape index (κ1) is 19.0. The molecule has 0 N–H and O–H groups in total. The third-order valence-corrected chi connectivity index (χ3v) is 4.79. The standard InChI is InChI=1S/C21H24FN3O2/c1-2-25(19-10-8-18(22)9-11-19)20(26)16-23-12-14-24(15-13-23)21(27)17-6-4-3-5-7-17/h3-11H,2,12-16H2,1H3. The SMILES string of the molecule is CCN(C(=O)CN1CCN(C(=O)c2ccccc2)CC1)c1ccc(F)cc1. The molecule has 0 spiro atoms. The van der Waals surface area contributed by atoms with Crippen LogP contribution in [0.4, 0.5) is 10.1 Å². The maximum Gasteiger partial charge on any atom is 0.253 e. The molecule has 1 aliphatic heterocycles. The summed E-state index contributed by atoms with van der Waals surface area (Å²) in [5, 5.41) is 0. The maximum atomic E-state index is 13.1. The summed E-state index contributed by atoms with van der Waals surface area (Å²) < 4.78 is 13.1. The van der Waals surface area contributed by atoms with E-state index in [9.17, 15) is 14.0 Å². The van der Waals surface area contributed by atoms with Crippen LogP contribution in [0.5, 0.6) is 0 Å². The van der Waals surface area contributed by atoms with Crippen LogP contribution in [0.25, 0.3) is 0 Å². The van der Waals surface area contributed by atoms with Gasteiger partial charge in [-0.1, -0.05) is 18.2 Å². The molecule has 6 heteroatoms. The number of carbonyl (C=O) groups is 2. The molecule has 2 aromatic rings. The fourth-order valence-corrected chi connectivity index (χ4v) is 3.27. The number of hydrogen-bond donors (Lipinski definition) is 0. The Bertz CT molecular complexity index is 772. The number of amides is 2. The van der Waals surface area contributed by atoms with Crippen LogP contribution in [0.1, 0.15) is 17.3 Å². The van der Waals surface area contributed by atoms with Gasteiger partial charge < -0.3 is 9.80 Å². The Hall–Kier alpha value is -2.73. The van der Waals surface area contributed by atoms with Gasteiger partial charge in [0.25, 0.3) is 5.91 Å². The fraction of sp³-hybridized carbons (Fsp3) is 0.333. The number of piperazine rings is 1. The Morgan fingerprint density at radius 1 is 0.963 bits per heavy atom. The van der Waals surface area contributed by atoms with Gasteiger partial charge in [0.1, 0.15) is 5.82 Å². The lowest BCUT2D eigenvalue weighted by Crippen LogP contribution is -2.51. The molecular weight excluding hydrogens is 345 g/mol. The van der Waals surface area contributed by atoms with Crippen molar-refractivity contribution in [3.63, 3.8) is 0 Å². The van der Waals surface area contributed by atoms with Crippen molar-refractivity contribution in [1.82, 2.24) is 9.80 Å². The summed E-state index contributed by atoms with van der Waals surface area (Å²) in [5.74, 6) is -0.309. The van der Waals surface area contributed by atoms with Gasteiger partial charge in [-0.05, 0) is 43.3 Å². The first-order valence-corrected chi connectivity index (χ1v) is 9.21. The van der Waals surface area contributed by atoms with Crippen LogP contribution in [0.3, 0.4) is 0 Å². The quantitative estimate of drug-likeness (QED) is 0.814. The lowest BCUT2D eigenvalue weighted by atomic mass is 10.2. The predicted octanol–water partition coefficient (Wildman–Crippen LogP) is 2.64. The molecule has 0 radical (unpaired) electrons. The molecule has 0 saturated carbocycles. The van der Waals surface area contributed by atoms with Crippen molar-refractivity contribution in [2.24, 2.45) is 0 Å². The molecule has 1 fully saturated rings. The minimum absolute atomic E-state index is 0.0213. The van der Waals surface area contributed by atoms with Crippen molar-refractivity contribution in [3.8, 4) is 0 Å². The third-order valence-electron chi connectivity index (χ3n) is 4.79. The van der Waals surface area contributed by atoms with Crippen molar-refractivity contribution >= 4 is 17.5 Å². The van der Waals surface area contributed by atoms with E-state index >= 15 is 0 Å². The molecule has 1 aliphatic rings. The Balaban J connectivity index is 1.54. The van der Waals surface area contributed by atoms with Gasteiger partial charge in [-0.15, -0.1) is 0 Å². The second-order valence-electron chi connectivity index (χ2n) is 6.55. The van der Waals surface area contributed by atoms with Crippen molar-refractivity contribution < 1.29 is 14.0 Å². The maximum absolute atomic E-state index is 13.1. The Morgan fingerprint density at radius 2 is 1.59 bits per heavy atom. The van der Waals surface area contributed by atoms with Crippen LogP contribution in [0, 0.1) is 5.82 Å². The van der Waals surface area contributed by atoms with E-state index in [1.165, 1.54) is 12.1 Å². The lowest BCUT2D eigenvalue weighted by Gasteiger charge is -2.35. The fourth-order valence-electron chi connectivity index (χ4n) is 3.27. The van der Waals surface area contributed by atoms with Gasteiger partial charge in [0.05, 0.1) is 6.54 Å². The number of rotatable bonds is 5. The van der Waals surface area contributed by atoms with Crippen LogP contribution in [0.15, 0.2) is 54.6 Å². The summed E-state index contributed by atoms with van der Waals surface area (Å²) in [6.07, 6.45) is 0. The van der Waals surface area contributed by atoms with Gasteiger partial charge in [0.15, 0.2) is 0 Å². The molecule has 0 bridgehead atoms. The van der Waals surface area contributed by atoms with Gasteiger partial charge in [-0.3, -0.25) is 14.5 Å². The van der Waals surface area contributed by atoms with Gasteiger partial charge in [-0.2, -0.15) is 0 Å². The molecular formula is C21H24FN3O2. The third kappa shape index (κ3) is 4.71. The van der Waals surface area contributed by atoms with Gasteiger partial charge in [0, 0.05) is 44.0 Å². The smallest absolute Gasteiger partial charge is 0.253 e. The number of hydrogen-bond acceptors (Lipinski definition) is 3. The van der Waals surface area contributed by atoms with Gasteiger partial charge >= 0.3 is 0 Å². The Labute approximate surface area is 159 Å². The molecule has 5 nitrogen and oxygen atoms in total. The molecule has 0 aliphatic carbocycles. The zero-order valence-electron chi connectivity index (χ0n) is 15.5. The average Bonchev–Trinajstić information content (AvgIpc) is 2.71. The monoisotopic (exact) mass is 369 g/mol. The van der Waals surface area contributed by atoms with Crippen molar-refractivity contribution in [1.29, 1.82) is 0 Å². The molecule has 1 saturated heterocycles. The zero-order chi connectivity index (χ0) is 19.2. The van der Waals surface area contributed by atoms with E-state index in [4.69, 9.17) is 0 Å². The normalized spacial score (nSPS) is 14.8. The molecule has 0 aromatic heterocycles. The molecule has 3 rings (SSSR count). The van der Waals surface area contributed by atoms with Crippen molar-refractivity contribution in [2.75, 3.05) is 44.2 Å². The molecule has 0 unspecified atom stereocenters. The van der Waals surface area contributed by atoms with Crippen molar-refractivity contribution in [3.05, 3.63) is 66.0 Å². The zero-order valence-corrected chi connectivity index (χ0v) is 15.5. The minimum Gasteiger partial charge on any atom is -0.336 e. The van der Waals surface area contributed by atoms with Crippen molar-refractivity contribution in [2.45, 2.75) is 6.92 Å². The van der Waals surface area contributed by atoms with Crippen LogP contribution < -0.4 is 4.90 Å². The summed E-state index contributed by atoms with van der Waals surface area (Å²) in [4.78, 5) is 30.7. The highest BCUT2D eigenvalue weighted by atomic mass is 19.1. The molecule has 2 aromatic carbocycles. The molecule has 2 amide bonds. The van der Waals surface area contributed by atoms with E-state index < -0.39 is 0 Å². The van der Waals surface area contributed by atoms with E-state index in [2.05, 4.69) is 4.90 Å². The lowest BCUT2D eigenvalue weighted by molar-refractivity contribution is -0.120. The Kier molecular flexibility index (Phi) is 6.19. The van der Waals surface area contributed by atoms with E-state index in [1.54, 1.807) is 17.0 Å². The van der Waals surface area contributed by atoms with E-state index in [0.717, 1.165) is 0 Å². The summed E-state index contributed by atoms with van der Waals surface area (Å²) >= 11 is 0. The molecule has 0 atom stereocenters. The van der Waals surface area contributed by atoms with Gasteiger partial charge in [0.2, 0.25) is 5.91 Å². The summed E-state index contributed by atoms with van der Waals surface area (Å²) in [5.41, 5.74) is 1.39. The molecule has 142 valence electrons. The number of anilines is 1. The van der Waals surface area contributed by atoms with Crippen LogP contribution in [-0.4, -0.2) is 60.9 Å². The highest BCUT2D eigenvalue weighted by Crippen LogP contribution is 2.16. The largest absolute Gasteiger partial charge is 0.336 e. The van der Waals surface area contributed by atoms with Gasteiger partial charge in [-0.25, -0.2) is 4.39 Å². The number of benzene rings is 2. The first-order chi connectivity index (χ1) is 13.1. The summed E-state index contributed by atoms with van der Waals surface area (Å²) in [7, 11) is 0. The highest BCUT2D eigenvalue weighted by molar-refractivity contribution is 5.95. The minimum atomic E-state index is -0.318. The van der Waals surface area contributed by atoms with E-state index in [0.29, 0.717) is 50.5 Å². The second kappa shape index (κ2) is 8.77.